The van der Waals surface area contributed by atoms with Gasteiger partial charge in [0.25, 0.3) is 11.6 Å². The monoisotopic (exact) mass is 301 g/mol. The molecule has 0 aliphatic carbocycles. The van der Waals surface area contributed by atoms with E-state index < -0.39 is 35.1 Å². The standard InChI is InChI=1S/C11H12ClN3O5/c1-6(2)14(5-10(16)17)11(18)7-3-9(12)13-4-8(7)15(19)20/h3-4,6H,5H2,1-2H3,(H,16,17). The van der Waals surface area contributed by atoms with E-state index in [0.29, 0.717) is 0 Å². The molecule has 0 fully saturated rings. The summed E-state index contributed by atoms with van der Waals surface area (Å²) in [7, 11) is 0. The minimum absolute atomic E-state index is 0.0852. The van der Waals surface area contributed by atoms with Crippen LogP contribution in [0.2, 0.25) is 5.15 Å². The largest absolute Gasteiger partial charge is 0.480 e. The average Bonchev–Trinajstić information content (AvgIpc) is 2.34. The number of nitro groups is 1. The first-order chi connectivity index (χ1) is 9.23. The maximum Gasteiger partial charge on any atom is 0.323 e. The molecule has 0 radical (unpaired) electrons. The van der Waals surface area contributed by atoms with E-state index in [4.69, 9.17) is 16.7 Å². The van der Waals surface area contributed by atoms with Gasteiger partial charge in [-0.25, -0.2) is 4.98 Å². The van der Waals surface area contributed by atoms with E-state index in [1.165, 1.54) is 0 Å². The minimum atomic E-state index is -1.21. The van der Waals surface area contributed by atoms with Gasteiger partial charge in [0.05, 0.1) is 4.92 Å². The van der Waals surface area contributed by atoms with Crippen molar-refractivity contribution in [3.05, 3.63) is 33.1 Å². The Morgan fingerprint density at radius 1 is 1.55 bits per heavy atom. The summed E-state index contributed by atoms with van der Waals surface area (Å²) in [6.45, 7) is 2.65. The number of halogens is 1. The highest BCUT2D eigenvalue weighted by Crippen LogP contribution is 2.22. The minimum Gasteiger partial charge on any atom is -0.480 e. The van der Waals surface area contributed by atoms with E-state index >= 15 is 0 Å². The summed E-state index contributed by atoms with van der Waals surface area (Å²) in [6.07, 6.45) is 0.870. The highest BCUT2D eigenvalue weighted by Gasteiger charge is 2.28. The van der Waals surface area contributed by atoms with Crippen LogP contribution in [0.3, 0.4) is 0 Å². The SMILES string of the molecule is CC(C)N(CC(=O)O)C(=O)c1cc(Cl)ncc1[N+](=O)[O-]. The molecule has 8 nitrogen and oxygen atoms in total. The van der Waals surface area contributed by atoms with Gasteiger partial charge in [-0.05, 0) is 19.9 Å². The molecule has 1 aromatic rings. The average molecular weight is 302 g/mol. The Bertz CT molecular complexity index is 561. The van der Waals surface area contributed by atoms with Crippen LogP contribution < -0.4 is 0 Å². The van der Waals surface area contributed by atoms with Gasteiger partial charge in [0.15, 0.2) is 0 Å². The first kappa shape index (κ1) is 15.8. The van der Waals surface area contributed by atoms with Crippen LogP contribution in [0.4, 0.5) is 5.69 Å². The molecule has 0 unspecified atom stereocenters. The van der Waals surface area contributed by atoms with E-state index in [1.807, 2.05) is 0 Å². The highest BCUT2D eigenvalue weighted by molar-refractivity contribution is 6.29. The Morgan fingerprint density at radius 3 is 2.60 bits per heavy atom. The van der Waals surface area contributed by atoms with Crippen LogP contribution >= 0.6 is 11.6 Å². The Balaban J connectivity index is 3.27. The van der Waals surface area contributed by atoms with Crippen LogP contribution in [-0.4, -0.2) is 44.4 Å². The third kappa shape index (κ3) is 3.64. The molecule has 1 N–H and O–H groups in total. The van der Waals surface area contributed by atoms with Crippen LogP contribution in [-0.2, 0) is 4.79 Å². The fourth-order valence-electron chi connectivity index (χ4n) is 1.53. The number of pyridine rings is 1. The van der Waals surface area contributed by atoms with E-state index in [9.17, 15) is 19.7 Å². The smallest absolute Gasteiger partial charge is 0.323 e. The number of carbonyl (C=O) groups excluding carboxylic acids is 1. The number of amides is 1. The summed E-state index contributed by atoms with van der Waals surface area (Å²) in [5, 5.41) is 19.6. The second kappa shape index (κ2) is 6.29. The molecule has 0 bridgehead atoms. The third-order valence-corrected chi connectivity index (χ3v) is 2.67. The normalized spacial score (nSPS) is 10.4. The predicted octanol–water partition coefficient (Wildman–Crippen LogP) is 1.58. The van der Waals surface area contributed by atoms with Crippen molar-refractivity contribution < 1.29 is 19.6 Å². The fourth-order valence-corrected chi connectivity index (χ4v) is 1.69. The topological polar surface area (TPSA) is 114 Å². The van der Waals surface area contributed by atoms with Crippen molar-refractivity contribution in [2.45, 2.75) is 19.9 Å². The summed E-state index contributed by atoms with van der Waals surface area (Å²) in [5.41, 5.74) is -0.805. The van der Waals surface area contributed by atoms with Gasteiger partial charge in [-0.2, -0.15) is 0 Å². The number of aromatic nitrogens is 1. The molecule has 0 aliphatic rings. The van der Waals surface area contributed by atoms with Gasteiger partial charge in [-0.1, -0.05) is 11.6 Å². The summed E-state index contributed by atoms with van der Waals surface area (Å²) in [6, 6.07) is 0.615. The number of aliphatic carboxylic acids is 1. The van der Waals surface area contributed by atoms with Gasteiger partial charge in [-0.15, -0.1) is 0 Å². The molecule has 1 amide bonds. The molecule has 1 rings (SSSR count). The van der Waals surface area contributed by atoms with Crippen LogP contribution in [0.25, 0.3) is 0 Å². The molecule has 1 aromatic heterocycles. The second-order valence-electron chi connectivity index (χ2n) is 4.20. The number of nitrogens with zero attached hydrogens (tertiary/aromatic N) is 3. The fraction of sp³-hybridized carbons (Fsp3) is 0.364. The van der Waals surface area contributed by atoms with Crippen LogP contribution in [0, 0.1) is 10.1 Å². The quantitative estimate of drug-likeness (QED) is 0.501. The van der Waals surface area contributed by atoms with Gasteiger partial charge in [0.1, 0.15) is 23.5 Å². The van der Waals surface area contributed by atoms with Gasteiger partial charge in [0, 0.05) is 6.04 Å². The van der Waals surface area contributed by atoms with Crippen LogP contribution in [0.5, 0.6) is 0 Å². The van der Waals surface area contributed by atoms with Gasteiger partial charge in [0.2, 0.25) is 0 Å². The van der Waals surface area contributed by atoms with Crippen molar-refractivity contribution in [2.24, 2.45) is 0 Å². The van der Waals surface area contributed by atoms with Crippen molar-refractivity contribution in [1.29, 1.82) is 0 Å². The Labute approximate surface area is 119 Å². The molecule has 0 saturated heterocycles. The number of hydrogen-bond donors (Lipinski definition) is 1. The molecule has 0 aliphatic heterocycles. The molecule has 0 aromatic carbocycles. The van der Waals surface area contributed by atoms with Crippen molar-refractivity contribution in [2.75, 3.05) is 6.54 Å². The lowest BCUT2D eigenvalue weighted by Crippen LogP contribution is -2.40. The van der Waals surface area contributed by atoms with Crippen molar-refractivity contribution >= 4 is 29.2 Å². The number of carbonyl (C=O) groups is 2. The van der Waals surface area contributed by atoms with Crippen LogP contribution in [0.1, 0.15) is 24.2 Å². The zero-order valence-corrected chi connectivity index (χ0v) is 11.5. The molecular weight excluding hydrogens is 290 g/mol. The van der Waals surface area contributed by atoms with E-state index in [1.54, 1.807) is 13.8 Å². The first-order valence-corrected chi connectivity index (χ1v) is 5.94. The highest BCUT2D eigenvalue weighted by atomic mass is 35.5. The molecule has 108 valence electrons. The number of rotatable bonds is 5. The van der Waals surface area contributed by atoms with E-state index in [0.717, 1.165) is 17.2 Å². The molecule has 1 heterocycles. The van der Waals surface area contributed by atoms with Crippen LogP contribution in [0.15, 0.2) is 12.3 Å². The Morgan fingerprint density at radius 2 is 2.15 bits per heavy atom. The second-order valence-corrected chi connectivity index (χ2v) is 4.59. The Hall–Kier alpha value is -2.22. The predicted molar refractivity (Wildman–Crippen MR) is 69.7 cm³/mol. The van der Waals surface area contributed by atoms with Crippen molar-refractivity contribution in [3.63, 3.8) is 0 Å². The summed E-state index contributed by atoms with van der Waals surface area (Å²) < 4.78 is 0. The molecule has 0 atom stereocenters. The Kier molecular flexibility index (Phi) is 4.98. The summed E-state index contributed by atoms with van der Waals surface area (Å²) in [5.74, 6) is -1.99. The third-order valence-electron chi connectivity index (χ3n) is 2.47. The van der Waals surface area contributed by atoms with Gasteiger partial charge < -0.3 is 10.0 Å². The molecule has 0 spiro atoms. The molecular formula is C11H12ClN3O5. The summed E-state index contributed by atoms with van der Waals surface area (Å²) >= 11 is 5.63. The zero-order chi connectivity index (χ0) is 15.4. The number of carboxylic acid groups (broad SMARTS) is 1. The molecule has 0 saturated carbocycles. The molecule has 9 heteroatoms. The lowest BCUT2D eigenvalue weighted by Gasteiger charge is -2.24. The lowest BCUT2D eigenvalue weighted by atomic mass is 10.1. The zero-order valence-electron chi connectivity index (χ0n) is 10.7. The van der Waals surface area contributed by atoms with E-state index in [-0.39, 0.29) is 10.7 Å². The molecule has 20 heavy (non-hydrogen) atoms. The maximum atomic E-state index is 12.3. The number of hydrogen-bond acceptors (Lipinski definition) is 5. The maximum absolute atomic E-state index is 12.3. The van der Waals surface area contributed by atoms with Gasteiger partial charge >= 0.3 is 5.97 Å². The summed E-state index contributed by atoms with van der Waals surface area (Å²) in [4.78, 5) is 37.7. The van der Waals surface area contributed by atoms with Crippen molar-refractivity contribution in [1.82, 2.24) is 9.88 Å². The van der Waals surface area contributed by atoms with Crippen molar-refractivity contribution in [3.8, 4) is 0 Å². The first-order valence-electron chi connectivity index (χ1n) is 5.56. The lowest BCUT2D eigenvalue weighted by molar-refractivity contribution is -0.385. The number of carboxylic acids is 1. The van der Waals surface area contributed by atoms with Gasteiger partial charge in [-0.3, -0.25) is 19.7 Å². The van der Waals surface area contributed by atoms with E-state index in [2.05, 4.69) is 4.98 Å².